The van der Waals surface area contributed by atoms with E-state index in [4.69, 9.17) is 18.5 Å². The molecule has 3 heterocycles. The van der Waals surface area contributed by atoms with Gasteiger partial charge in [0.15, 0.2) is 0 Å². The van der Waals surface area contributed by atoms with E-state index in [9.17, 15) is 19.4 Å². The number of Topliss-reactive ketones (excluding diaryl/α,β-unsaturated/α-hetero) is 1. The van der Waals surface area contributed by atoms with Gasteiger partial charge in [0.2, 0.25) is 0 Å². The summed E-state index contributed by atoms with van der Waals surface area (Å²) < 4.78 is 36.7. The molecule has 39 heavy (non-hydrogen) atoms. The summed E-state index contributed by atoms with van der Waals surface area (Å²) in [6, 6.07) is 9.86. The predicted octanol–water partition coefficient (Wildman–Crippen LogP) is 4.05. The van der Waals surface area contributed by atoms with Crippen LogP contribution >= 0.6 is 7.82 Å². The van der Waals surface area contributed by atoms with E-state index in [2.05, 4.69) is 5.32 Å². The lowest BCUT2D eigenvalue weighted by atomic mass is 9.85. The number of hydrogen-bond acceptors (Lipinski definition) is 8. The van der Waals surface area contributed by atoms with Crippen LogP contribution in [0.5, 0.6) is 0 Å². The van der Waals surface area contributed by atoms with Crippen molar-refractivity contribution in [1.82, 2.24) is 5.32 Å². The number of hydrogen-bond donors (Lipinski definition) is 3. The first-order valence-electron chi connectivity index (χ1n) is 14.6. The van der Waals surface area contributed by atoms with Gasteiger partial charge < -0.3 is 24.8 Å². The van der Waals surface area contributed by atoms with Crippen LogP contribution in [0.25, 0.3) is 0 Å². The van der Waals surface area contributed by atoms with E-state index in [1.165, 1.54) is 0 Å². The van der Waals surface area contributed by atoms with Crippen molar-refractivity contribution in [3.05, 3.63) is 35.9 Å². The topological polar surface area (TPSA) is 124 Å². The van der Waals surface area contributed by atoms with Crippen molar-refractivity contribution in [2.45, 2.75) is 102 Å². The van der Waals surface area contributed by atoms with Crippen molar-refractivity contribution < 1.29 is 37.9 Å². The first-order chi connectivity index (χ1) is 18.7. The molecule has 0 saturated carbocycles. The number of carbonyl (C=O) groups is 1. The van der Waals surface area contributed by atoms with E-state index < -0.39 is 26.1 Å². The zero-order valence-corrected chi connectivity index (χ0v) is 24.3. The van der Waals surface area contributed by atoms with Gasteiger partial charge in [-0.25, -0.2) is 4.57 Å². The molecule has 0 spiro atoms. The Bertz CT molecular complexity index is 964. The highest BCUT2D eigenvalue weighted by Gasteiger charge is 2.48. The monoisotopic (exact) mass is 567 g/mol. The number of benzene rings is 1. The van der Waals surface area contributed by atoms with Gasteiger partial charge in [0.1, 0.15) is 18.0 Å². The molecule has 0 aliphatic carbocycles. The Morgan fingerprint density at radius 2 is 1.77 bits per heavy atom. The molecule has 4 unspecified atom stereocenters. The van der Waals surface area contributed by atoms with Crippen molar-refractivity contribution in [3.63, 3.8) is 0 Å². The summed E-state index contributed by atoms with van der Waals surface area (Å²) in [5.41, 5.74) is 1.06. The van der Waals surface area contributed by atoms with Crippen LogP contribution in [-0.2, 0) is 34.3 Å². The Morgan fingerprint density at radius 1 is 1.03 bits per heavy atom. The first-order valence-corrected chi connectivity index (χ1v) is 16.0. The molecule has 9 nitrogen and oxygen atoms in total. The minimum Gasteiger partial charge on any atom is -0.390 e. The Hall–Kier alpha value is -1.16. The van der Waals surface area contributed by atoms with Gasteiger partial charge in [-0.05, 0) is 70.5 Å². The largest absolute Gasteiger partial charge is 0.472 e. The molecule has 3 aliphatic rings. The van der Waals surface area contributed by atoms with Crippen LogP contribution in [0.1, 0.15) is 64.4 Å². The Labute approximate surface area is 232 Å². The fraction of sp³-hybridized carbons (Fsp3) is 0.759. The Kier molecular flexibility index (Phi) is 11.2. The smallest absolute Gasteiger partial charge is 0.390 e. The van der Waals surface area contributed by atoms with E-state index in [0.717, 1.165) is 31.4 Å². The van der Waals surface area contributed by atoms with Gasteiger partial charge in [0.05, 0.1) is 31.0 Å². The molecular formula is C29H46NO8P. The van der Waals surface area contributed by atoms with Crippen LogP contribution in [0, 0.1) is 17.8 Å². The number of nitrogens with one attached hydrogen (secondary N) is 1. The second kappa shape index (κ2) is 14.1. The molecular weight excluding hydrogens is 521 g/mol. The summed E-state index contributed by atoms with van der Waals surface area (Å²) in [5.74, 6) is 0.118. The number of phosphoric acid groups is 1. The SMILES string of the molecule is CC[C@H]1O[C@@H](C)[C@H]2CCC(CNC)CCC(=O)CC[C@H]3C(O)[C@@H](COP(=O)(O)OC12)O[C@H]3Cc1ccccc1. The second-order valence-electron chi connectivity index (χ2n) is 11.5. The molecule has 1 aromatic rings. The number of aliphatic hydroxyl groups excluding tert-OH is 1. The zero-order valence-electron chi connectivity index (χ0n) is 23.4. The summed E-state index contributed by atoms with van der Waals surface area (Å²) in [4.78, 5) is 23.7. The van der Waals surface area contributed by atoms with E-state index >= 15 is 0 Å². The zero-order chi connectivity index (χ0) is 28.0. The van der Waals surface area contributed by atoms with Gasteiger partial charge in [-0.15, -0.1) is 0 Å². The molecule has 0 radical (unpaired) electrons. The Balaban J connectivity index is 1.55. The van der Waals surface area contributed by atoms with Gasteiger partial charge in [-0.1, -0.05) is 37.3 Å². The minimum absolute atomic E-state index is 0.0716. The van der Waals surface area contributed by atoms with Gasteiger partial charge in [0, 0.05) is 24.7 Å². The lowest BCUT2D eigenvalue weighted by Crippen LogP contribution is -2.32. The van der Waals surface area contributed by atoms with E-state index in [-0.39, 0.29) is 48.5 Å². The molecule has 0 aromatic heterocycles. The molecule has 10 atom stereocenters. The molecule has 0 amide bonds. The highest BCUT2D eigenvalue weighted by Crippen LogP contribution is 2.50. The Morgan fingerprint density at radius 3 is 2.49 bits per heavy atom. The fourth-order valence-electron chi connectivity index (χ4n) is 6.55. The normalized spacial score (nSPS) is 40.7. The molecule has 3 aliphatic heterocycles. The summed E-state index contributed by atoms with van der Waals surface area (Å²) in [5, 5.41) is 14.4. The van der Waals surface area contributed by atoms with Crippen LogP contribution < -0.4 is 5.32 Å². The van der Waals surface area contributed by atoms with Crippen LogP contribution in [-0.4, -0.2) is 72.6 Å². The van der Waals surface area contributed by atoms with E-state index in [0.29, 0.717) is 32.1 Å². The van der Waals surface area contributed by atoms with Gasteiger partial charge in [-0.3, -0.25) is 13.8 Å². The molecule has 3 fully saturated rings. The van der Waals surface area contributed by atoms with Crippen molar-refractivity contribution in [2.24, 2.45) is 17.8 Å². The van der Waals surface area contributed by atoms with Crippen molar-refractivity contribution in [2.75, 3.05) is 20.2 Å². The van der Waals surface area contributed by atoms with Crippen LogP contribution in [0.4, 0.5) is 0 Å². The number of rotatable bonds is 5. The third-order valence-electron chi connectivity index (χ3n) is 8.76. The fourth-order valence-corrected chi connectivity index (χ4v) is 7.54. The van der Waals surface area contributed by atoms with Crippen LogP contribution in [0.2, 0.25) is 0 Å². The van der Waals surface area contributed by atoms with E-state index in [1.54, 1.807) is 0 Å². The quantitative estimate of drug-likeness (QED) is 0.452. The molecule has 2 bridgehead atoms. The molecule has 3 N–H and O–H groups in total. The third kappa shape index (κ3) is 8.20. The van der Waals surface area contributed by atoms with Crippen molar-refractivity contribution in [3.8, 4) is 0 Å². The number of carbonyl (C=O) groups excluding carboxylic acids is 1. The maximum Gasteiger partial charge on any atom is 0.472 e. The predicted molar refractivity (Wildman–Crippen MR) is 147 cm³/mol. The molecule has 220 valence electrons. The highest BCUT2D eigenvalue weighted by molar-refractivity contribution is 7.47. The summed E-state index contributed by atoms with van der Waals surface area (Å²) in [6.45, 7) is 4.46. The van der Waals surface area contributed by atoms with Gasteiger partial charge >= 0.3 is 7.82 Å². The van der Waals surface area contributed by atoms with Gasteiger partial charge in [0.25, 0.3) is 0 Å². The van der Waals surface area contributed by atoms with Gasteiger partial charge in [-0.2, -0.15) is 0 Å². The highest BCUT2D eigenvalue weighted by atomic mass is 31.2. The number of ketones is 1. The summed E-state index contributed by atoms with van der Waals surface area (Å²) in [6.07, 6.45) is 1.88. The minimum atomic E-state index is -4.46. The number of phosphoric ester groups is 1. The molecule has 3 saturated heterocycles. The molecule has 10 heteroatoms. The maximum atomic E-state index is 13.1. The van der Waals surface area contributed by atoms with Crippen LogP contribution in [0.15, 0.2) is 30.3 Å². The first kappa shape index (κ1) is 30.8. The third-order valence-corrected chi connectivity index (χ3v) is 9.74. The molecule has 1 aromatic carbocycles. The lowest BCUT2D eigenvalue weighted by molar-refractivity contribution is -0.119. The lowest BCUT2D eigenvalue weighted by Gasteiger charge is -2.27. The van der Waals surface area contributed by atoms with Crippen LogP contribution in [0.3, 0.4) is 0 Å². The standard InChI is InChI=1S/C29H46NO8P/c1-4-25-29-23(19(2)36-25)14-11-21(17-30-3)10-12-22(31)13-15-24-26(16-20-8-6-5-7-9-20)37-27(28(24)32)18-35-39(33,34)38-29/h5-9,19,21,23-30,32H,4,10-18H2,1-3H3,(H,33,34)/t19-,21?,23+,24+,25+,26-,27+,28?,29?/m0/s1. The number of ether oxygens (including phenoxy) is 2. The van der Waals surface area contributed by atoms with Crippen molar-refractivity contribution >= 4 is 13.6 Å². The average Bonchev–Trinajstić information content (AvgIpc) is 3.37. The summed E-state index contributed by atoms with van der Waals surface area (Å²) >= 11 is 0. The maximum absolute atomic E-state index is 13.1. The number of fused-ring (bicyclic) bond motifs is 3. The second-order valence-corrected chi connectivity index (χ2v) is 12.9. The van der Waals surface area contributed by atoms with E-state index in [1.807, 2.05) is 51.2 Å². The summed E-state index contributed by atoms with van der Waals surface area (Å²) in [7, 11) is -2.55. The molecule has 4 rings (SSSR count). The van der Waals surface area contributed by atoms with Crippen molar-refractivity contribution in [1.29, 1.82) is 0 Å². The number of aliphatic hydroxyl groups is 1. The average molecular weight is 568 g/mol.